The van der Waals surface area contributed by atoms with E-state index < -0.39 is 10.0 Å². The fourth-order valence-corrected chi connectivity index (χ4v) is 2.33. The molecule has 1 aromatic carbocycles. The molecule has 0 aliphatic rings. The van der Waals surface area contributed by atoms with Crippen molar-refractivity contribution in [1.82, 2.24) is 10.0 Å². The van der Waals surface area contributed by atoms with Crippen LogP contribution in [0.3, 0.4) is 0 Å². The van der Waals surface area contributed by atoms with Crippen molar-refractivity contribution in [1.29, 1.82) is 0 Å². The number of rotatable bonds is 7. The van der Waals surface area contributed by atoms with Crippen molar-refractivity contribution >= 4 is 15.7 Å². The van der Waals surface area contributed by atoms with Crippen molar-refractivity contribution < 1.29 is 8.42 Å². The van der Waals surface area contributed by atoms with Crippen LogP contribution in [0.5, 0.6) is 0 Å². The maximum absolute atomic E-state index is 11.7. The minimum absolute atomic E-state index is 0.277. The van der Waals surface area contributed by atoms with Gasteiger partial charge in [-0.1, -0.05) is 19.1 Å². The second-order valence-electron chi connectivity index (χ2n) is 3.48. The molecule has 0 aliphatic heterocycles. The lowest BCUT2D eigenvalue weighted by molar-refractivity contribution is 0.588. The molecule has 6 heteroatoms. The first-order valence-electron chi connectivity index (χ1n) is 5.59. The van der Waals surface area contributed by atoms with Gasteiger partial charge in [-0.25, -0.2) is 13.1 Å². The first-order chi connectivity index (χ1) is 8.11. The maximum atomic E-state index is 11.7. The molecule has 1 rings (SSSR count). The smallest absolute Gasteiger partial charge is 0.242 e. The van der Waals surface area contributed by atoms with Gasteiger partial charge < -0.3 is 10.6 Å². The lowest BCUT2D eigenvalue weighted by Gasteiger charge is -2.11. The molecule has 17 heavy (non-hydrogen) atoms. The lowest BCUT2D eigenvalue weighted by Crippen LogP contribution is -2.24. The van der Waals surface area contributed by atoms with Gasteiger partial charge >= 0.3 is 0 Å². The first kappa shape index (κ1) is 14.0. The number of benzene rings is 1. The Labute approximate surface area is 103 Å². The predicted molar refractivity (Wildman–Crippen MR) is 69.7 cm³/mol. The average molecular weight is 257 g/mol. The van der Waals surface area contributed by atoms with E-state index in [0.717, 1.165) is 13.1 Å². The number of para-hydroxylation sites is 1. The Kier molecular flexibility index (Phi) is 5.40. The second kappa shape index (κ2) is 6.58. The molecule has 0 saturated carbocycles. The Morgan fingerprint density at radius 3 is 2.53 bits per heavy atom. The third-order valence-electron chi connectivity index (χ3n) is 2.31. The van der Waals surface area contributed by atoms with Crippen LogP contribution in [0.1, 0.15) is 6.92 Å². The quantitative estimate of drug-likeness (QED) is 0.626. The Bertz CT molecular complexity index is 446. The van der Waals surface area contributed by atoms with Crippen molar-refractivity contribution in [3.8, 4) is 0 Å². The van der Waals surface area contributed by atoms with E-state index in [1.54, 1.807) is 18.2 Å². The van der Waals surface area contributed by atoms with Gasteiger partial charge in [0, 0.05) is 13.1 Å². The molecule has 3 N–H and O–H groups in total. The largest absolute Gasteiger partial charge is 0.383 e. The summed E-state index contributed by atoms with van der Waals surface area (Å²) in [6, 6.07) is 6.86. The van der Waals surface area contributed by atoms with Crippen molar-refractivity contribution in [2.45, 2.75) is 11.8 Å². The summed E-state index contributed by atoms with van der Waals surface area (Å²) >= 11 is 0. The van der Waals surface area contributed by atoms with Gasteiger partial charge in [-0.15, -0.1) is 0 Å². The molecular weight excluding hydrogens is 238 g/mol. The summed E-state index contributed by atoms with van der Waals surface area (Å²) in [4.78, 5) is 0.277. The van der Waals surface area contributed by atoms with Gasteiger partial charge in [0.05, 0.1) is 5.69 Å². The lowest BCUT2D eigenvalue weighted by atomic mass is 10.3. The van der Waals surface area contributed by atoms with Crippen molar-refractivity contribution in [3.05, 3.63) is 24.3 Å². The Hall–Kier alpha value is -1.11. The van der Waals surface area contributed by atoms with Crippen LogP contribution in [0.4, 0.5) is 5.69 Å². The van der Waals surface area contributed by atoms with E-state index in [-0.39, 0.29) is 4.90 Å². The summed E-state index contributed by atoms with van der Waals surface area (Å²) in [6.45, 7) is 4.41. The van der Waals surface area contributed by atoms with Crippen LogP contribution >= 0.6 is 0 Å². The molecule has 0 unspecified atom stereocenters. The third kappa shape index (κ3) is 3.99. The highest BCUT2D eigenvalue weighted by atomic mass is 32.2. The second-order valence-corrected chi connectivity index (χ2v) is 5.34. The zero-order valence-electron chi connectivity index (χ0n) is 10.2. The van der Waals surface area contributed by atoms with Crippen LogP contribution in [0.15, 0.2) is 29.2 Å². The van der Waals surface area contributed by atoms with Crippen LogP contribution in [0, 0.1) is 0 Å². The summed E-state index contributed by atoms with van der Waals surface area (Å²) in [5.41, 5.74) is 0.625. The highest BCUT2D eigenvalue weighted by molar-refractivity contribution is 7.89. The van der Waals surface area contributed by atoms with Gasteiger partial charge in [-0.05, 0) is 25.7 Å². The van der Waals surface area contributed by atoms with Crippen molar-refractivity contribution in [2.24, 2.45) is 0 Å². The number of nitrogens with one attached hydrogen (secondary N) is 3. The fraction of sp³-hybridized carbons (Fsp3) is 0.455. The summed E-state index contributed by atoms with van der Waals surface area (Å²) in [6.07, 6.45) is 0. The van der Waals surface area contributed by atoms with Crippen molar-refractivity contribution in [2.75, 3.05) is 32.0 Å². The monoisotopic (exact) mass is 257 g/mol. The molecule has 0 aliphatic carbocycles. The van der Waals surface area contributed by atoms with E-state index in [0.29, 0.717) is 12.2 Å². The molecule has 0 amide bonds. The van der Waals surface area contributed by atoms with Gasteiger partial charge in [0.15, 0.2) is 0 Å². The highest BCUT2D eigenvalue weighted by Crippen LogP contribution is 2.19. The third-order valence-corrected chi connectivity index (χ3v) is 3.79. The Balaban J connectivity index is 2.79. The van der Waals surface area contributed by atoms with Gasteiger partial charge in [0.25, 0.3) is 0 Å². The molecule has 0 aromatic heterocycles. The maximum Gasteiger partial charge on any atom is 0.242 e. The van der Waals surface area contributed by atoms with Gasteiger partial charge in [-0.3, -0.25) is 0 Å². The summed E-state index contributed by atoms with van der Waals surface area (Å²) in [5.74, 6) is 0. The van der Waals surface area contributed by atoms with E-state index in [1.165, 1.54) is 7.05 Å². The molecule has 0 saturated heterocycles. The average Bonchev–Trinajstić information content (AvgIpc) is 2.35. The van der Waals surface area contributed by atoms with Gasteiger partial charge in [0.1, 0.15) is 4.90 Å². The SMILES string of the molecule is CCNCCNc1ccccc1S(=O)(=O)NC. The van der Waals surface area contributed by atoms with E-state index in [9.17, 15) is 8.42 Å². The number of anilines is 1. The molecule has 5 nitrogen and oxygen atoms in total. The van der Waals surface area contributed by atoms with Crippen LogP contribution in [0.25, 0.3) is 0 Å². The number of hydrogen-bond acceptors (Lipinski definition) is 4. The minimum atomic E-state index is -3.40. The number of sulfonamides is 1. The van der Waals surface area contributed by atoms with E-state index in [4.69, 9.17) is 0 Å². The molecule has 0 heterocycles. The molecule has 0 radical (unpaired) electrons. The van der Waals surface area contributed by atoms with E-state index >= 15 is 0 Å². The molecule has 0 bridgehead atoms. The van der Waals surface area contributed by atoms with Crippen LogP contribution in [0.2, 0.25) is 0 Å². The normalized spacial score (nSPS) is 11.4. The summed E-state index contributed by atoms with van der Waals surface area (Å²) < 4.78 is 25.8. The minimum Gasteiger partial charge on any atom is -0.383 e. The van der Waals surface area contributed by atoms with E-state index in [1.807, 2.05) is 13.0 Å². The van der Waals surface area contributed by atoms with Crippen molar-refractivity contribution in [3.63, 3.8) is 0 Å². The summed E-state index contributed by atoms with van der Waals surface area (Å²) in [5, 5.41) is 6.27. The standard InChI is InChI=1S/C11H19N3O2S/c1-3-13-8-9-14-10-6-4-5-7-11(10)17(15,16)12-2/h4-7,12-14H,3,8-9H2,1-2H3. The van der Waals surface area contributed by atoms with Gasteiger partial charge in [0.2, 0.25) is 10.0 Å². The number of hydrogen-bond donors (Lipinski definition) is 3. The zero-order valence-corrected chi connectivity index (χ0v) is 11.0. The Morgan fingerprint density at radius 1 is 1.18 bits per heavy atom. The van der Waals surface area contributed by atoms with Crippen LogP contribution in [-0.4, -0.2) is 35.1 Å². The zero-order chi connectivity index (χ0) is 12.7. The summed E-state index contributed by atoms with van der Waals surface area (Å²) in [7, 11) is -2.00. The molecular formula is C11H19N3O2S. The van der Waals surface area contributed by atoms with Gasteiger partial charge in [-0.2, -0.15) is 0 Å². The molecule has 0 fully saturated rings. The van der Waals surface area contributed by atoms with Crippen LogP contribution in [-0.2, 0) is 10.0 Å². The number of likely N-dealkylation sites (N-methyl/N-ethyl adjacent to an activating group) is 1. The van der Waals surface area contributed by atoms with Crippen LogP contribution < -0.4 is 15.4 Å². The first-order valence-corrected chi connectivity index (χ1v) is 7.07. The van der Waals surface area contributed by atoms with E-state index in [2.05, 4.69) is 15.4 Å². The molecule has 1 aromatic rings. The fourth-order valence-electron chi connectivity index (χ4n) is 1.42. The predicted octanol–water partition coefficient (Wildman–Crippen LogP) is 0.616. The molecule has 0 atom stereocenters. The molecule has 0 spiro atoms. The topological polar surface area (TPSA) is 70.2 Å². The highest BCUT2D eigenvalue weighted by Gasteiger charge is 2.15. The molecule has 96 valence electrons. The Morgan fingerprint density at radius 2 is 1.88 bits per heavy atom.